The van der Waals surface area contributed by atoms with Crippen LogP contribution in [0.25, 0.3) is 0 Å². The third kappa shape index (κ3) is 5.38. The number of carbonyl (C=O) groups excluding carboxylic acids is 1. The largest absolute Gasteiger partial charge is 0.493 e. The second kappa shape index (κ2) is 10.7. The molecule has 1 aliphatic rings. The van der Waals surface area contributed by atoms with E-state index in [4.69, 9.17) is 9.47 Å². The second-order valence-corrected chi connectivity index (χ2v) is 7.86. The van der Waals surface area contributed by atoms with Gasteiger partial charge in [-0.1, -0.05) is 36.4 Å². The molecule has 1 aromatic heterocycles. The molecule has 0 saturated carbocycles. The Kier molecular flexibility index (Phi) is 7.23. The fourth-order valence-corrected chi connectivity index (χ4v) is 3.90. The maximum atomic E-state index is 12.8. The van der Waals surface area contributed by atoms with Crippen molar-refractivity contribution in [3.63, 3.8) is 0 Å². The number of hydrogen-bond donors (Lipinski definition) is 1. The monoisotopic (exact) mass is 431 g/mol. The van der Waals surface area contributed by atoms with Gasteiger partial charge in [0.1, 0.15) is 12.4 Å². The molecule has 6 heteroatoms. The van der Waals surface area contributed by atoms with Crippen LogP contribution in [-0.4, -0.2) is 31.1 Å². The zero-order valence-electron chi connectivity index (χ0n) is 18.4. The lowest BCUT2D eigenvalue weighted by Gasteiger charge is -2.29. The second-order valence-electron chi connectivity index (χ2n) is 7.86. The Morgan fingerprint density at radius 3 is 2.59 bits per heavy atom. The van der Waals surface area contributed by atoms with Crippen LogP contribution in [0.2, 0.25) is 0 Å². The summed E-state index contributed by atoms with van der Waals surface area (Å²) in [6.45, 7) is 2.88. The molecule has 0 radical (unpaired) electrons. The molecule has 3 aromatic rings. The first-order valence-corrected chi connectivity index (χ1v) is 11.1. The highest BCUT2D eigenvalue weighted by molar-refractivity contribution is 5.94. The molecule has 0 unspecified atom stereocenters. The van der Waals surface area contributed by atoms with Gasteiger partial charge in [-0.05, 0) is 49.1 Å². The molecule has 6 nitrogen and oxygen atoms in total. The van der Waals surface area contributed by atoms with Gasteiger partial charge in [0.15, 0.2) is 11.5 Å². The van der Waals surface area contributed by atoms with E-state index in [1.54, 1.807) is 25.3 Å². The third-order valence-electron chi connectivity index (χ3n) is 5.63. The Morgan fingerprint density at radius 2 is 1.81 bits per heavy atom. The minimum absolute atomic E-state index is 0.161. The van der Waals surface area contributed by atoms with E-state index in [1.807, 2.05) is 48.7 Å². The van der Waals surface area contributed by atoms with E-state index in [-0.39, 0.29) is 5.91 Å². The lowest BCUT2D eigenvalue weighted by molar-refractivity contribution is 0.0950. The van der Waals surface area contributed by atoms with Crippen LogP contribution in [0.3, 0.4) is 0 Å². The highest BCUT2D eigenvalue weighted by Gasteiger charge is 2.17. The van der Waals surface area contributed by atoms with Gasteiger partial charge in [-0.25, -0.2) is 4.98 Å². The molecular weight excluding hydrogens is 402 g/mol. The van der Waals surface area contributed by atoms with Gasteiger partial charge >= 0.3 is 0 Å². The Bertz CT molecular complexity index is 1030. The van der Waals surface area contributed by atoms with Crippen LogP contribution in [-0.2, 0) is 13.2 Å². The van der Waals surface area contributed by atoms with Gasteiger partial charge < -0.3 is 19.7 Å². The summed E-state index contributed by atoms with van der Waals surface area (Å²) in [5.74, 6) is 1.94. The topological polar surface area (TPSA) is 63.7 Å². The number of hydrogen-bond acceptors (Lipinski definition) is 5. The van der Waals surface area contributed by atoms with Crippen LogP contribution >= 0.6 is 0 Å². The van der Waals surface area contributed by atoms with Gasteiger partial charge in [-0.15, -0.1) is 0 Å². The molecule has 0 aliphatic carbocycles. The number of aromatic nitrogens is 1. The summed E-state index contributed by atoms with van der Waals surface area (Å²) in [5.41, 5.74) is 2.62. The molecule has 2 heterocycles. The summed E-state index contributed by atoms with van der Waals surface area (Å²) in [7, 11) is 1.58. The fraction of sp³-hybridized carbons (Fsp3) is 0.308. The normalized spacial score (nSPS) is 13.5. The van der Waals surface area contributed by atoms with Crippen molar-refractivity contribution in [2.75, 3.05) is 25.1 Å². The molecule has 1 amide bonds. The Hall–Kier alpha value is -3.54. The van der Waals surface area contributed by atoms with E-state index < -0.39 is 0 Å². The Labute approximate surface area is 189 Å². The summed E-state index contributed by atoms with van der Waals surface area (Å²) in [6, 6.07) is 19.1. The minimum atomic E-state index is -0.161. The van der Waals surface area contributed by atoms with Crippen molar-refractivity contribution < 1.29 is 14.3 Å². The van der Waals surface area contributed by atoms with Crippen molar-refractivity contribution >= 4 is 11.7 Å². The number of nitrogens with one attached hydrogen (secondary N) is 1. The third-order valence-corrected chi connectivity index (χ3v) is 5.63. The van der Waals surface area contributed by atoms with Crippen molar-refractivity contribution in [1.82, 2.24) is 10.3 Å². The molecule has 1 fully saturated rings. The molecule has 166 valence electrons. The summed E-state index contributed by atoms with van der Waals surface area (Å²) in [5, 5.41) is 3.02. The van der Waals surface area contributed by atoms with Gasteiger partial charge in [0, 0.05) is 37.0 Å². The molecule has 4 rings (SSSR count). The minimum Gasteiger partial charge on any atom is -0.493 e. The first-order chi connectivity index (χ1) is 15.7. The summed E-state index contributed by atoms with van der Waals surface area (Å²) < 4.78 is 11.4. The molecule has 0 bridgehead atoms. The van der Waals surface area contributed by atoms with E-state index in [9.17, 15) is 4.79 Å². The molecule has 1 saturated heterocycles. The zero-order valence-corrected chi connectivity index (χ0v) is 18.4. The maximum absolute atomic E-state index is 12.8. The standard InChI is InChI=1S/C26H29N3O3/c1-31-24-17-21(12-13-23(24)32-19-20-9-4-2-5-10-20)26(30)28-18-22-11-8-14-27-25(22)29-15-6-3-7-16-29/h2,4-5,8-14,17H,3,6-7,15-16,18-19H2,1H3,(H,28,30). The molecule has 1 aliphatic heterocycles. The number of anilines is 1. The number of benzene rings is 2. The summed E-state index contributed by atoms with van der Waals surface area (Å²) in [4.78, 5) is 19.7. The van der Waals surface area contributed by atoms with Gasteiger partial charge in [0.25, 0.3) is 5.91 Å². The van der Waals surface area contributed by atoms with Crippen molar-refractivity contribution in [2.45, 2.75) is 32.4 Å². The number of amides is 1. The molecule has 1 N–H and O–H groups in total. The van der Waals surface area contributed by atoms with Crippen molar-refractivity contribution in [3.05, 3.63) is 83.6 Å². The van der Waals surface area contributed by atoms with Crippen LogP contribution in [0.5, 0.6) is 11.5 Å². The highest BCUT2D eigenvalue weighted by Crippen LogP contribution is 2.29. The maximum Gasteiger partial charge on any atom is 0.251 e. The molecule has 2 aromatic carbocycles. The summed E-state index contributed by atoms with van der Waals surface area (Å²) >= 11 is 0. The van der Waals surface area contributed by atoms with Gasteiger partial charge in [-0.3, -0.25) is 4.79 Å². The lowest BCUT2D eigenvalue weighted by atomic mass is 10.1. The number of methoxy groups -OCH3 is 1. The molecule has 32 heavy (non-hydrogen) atoms. The van der Waals surface area contributed by atoms with E-state index in [0.29, 0.717) is 30.2 Å². The lowest BCUT2D eigenvalue weighted by Crippen LogP contribution is -2.32. The first-order valence-electron chi connectivity index (χ1n) is 11.1. The fourth-order valence-electron chi connectivity index (χ4n) is 3.90. The van der Waals surface area contributed by atoms with Crippen LogP contribution in [0.1, 0.15) is 40.7 Å². The average Bonchev–Trinajstić information content (AvgIpc) is 2.87. The van der Waals surface area contributed by atoms with Gasteiger partial charge in [0.05, 0.1) is 7.11 Å². The van der Waals surface area contributed by atoms with E-state index in [0.717, 1.165) is 30.0 Å². The van der Waals surface area contributed by atoms with E-state index >= 15 is 0 Å². The predicted molar refractivity (Wildman–Crippen MR) is 125 cm³/mol. The smallest absolute Gasteiger partial charge is 0.251 e. The quantitative estimate of drug-likeness (QED) is 0.565. The molecular formula is C26H29N3O3. The SMILES string of the molecule is COc1cc(C(=O)NCc2cccnc2N2CCCCC2)ccc1OCc1ccccc1. The van der Waals surface area contributed by atoms with Crippen molar-refractivity contribution in [3.8, 4) is 11.5 Å². The number of pyridine rings is 1. The highest BCUT2D eigenvalue weighted by atomic mass is 16.5. The first kappa shape index (κ1) is 21.7. The van der Waals surface area contributed by atoms with Crippen LogP contribution < -0.4 is 19.7 Å². The Morgan fingerprint density at radius 1 is 1.00 bits per heavy atom. The van der Waals surface area contributed by atoms with Crippen molar-refractivity contribution in [1.29, 1.82) is 0 Å². The van der Waals surface area contributed by atoms with Gasteiger partial charge in [0.2, 0.25) is 0 Å². The predicted octanol–water partition coefficient (Wildman–Crippen LogP) is 4.59. The Balaban J connectivity index is 1.40. The van der Waals surface area contributed by atoms with Crippen LogP contribution in [0.15, 0.2) is 66.9 Å². The van der Waals surface area contributed by atoms with Crippen LogP contribution in [0, 0.1) is 0 Å². The number of piperidine rings is 1. The van der Waals surface area contributed by atoms with Gasteiger partial charge in [-0.2, -0.15) is 0 Å². The zero-order chi connectivity index (χ0) is 22.2. The van der Waals surface area contributed by atoms with Crippen molar-refractivity contribution in [2.24, 2.45) is 0 Å². The van der Waals surface area contributed by atoms with Crippen LogP contribution in [0.4, 0.5) is 5.82 Å². The summed E-state index contributed by atoms with van der Waals surface area (Å²) in [6.07, 6.45) is 5.44. The number of carbonyl (C=O) groups is 1. The van der Waals surface area contributed by atoms with E-state index in [2.05, 4.69) is 15.2 Å². The number of ether oxygens (including phenoxy) is 2. The number of rotatable bonds is 8. The molecule has 0 atom stereocenters. The van der Waals surface area contributed by atoms with E-state index in [1.165, 1.54) is 19.3 Å². The number of nitrogens with zero attached hydrogens (tertiary/aromatic N) is 2. The molecule has 0 spiro atoms. The average molecular weight is 432 g/mol.